The molecule has 3 rings (SSSR count). The van der Waals surface area contributed by atoms with Gasteiger partial charge >= 0.3 is 0 Å². The third kappa shape index (κ3) is 4.76. The fraction of sp³-hybridized carbons (Fsp3) is 0.364. The molecule has 0 heterocycles. The van der Waals surface area contributed by atoms with Crippen molar-refractivity contribution < 1.29 is 9.72 Å². The molecule has 158 valence electrons. The van der Waals surface area contributed by atoms with Gasteiger partial charge in [0.2, 0.25) is 0 Å². The molecular formula is C22H26N4O3S. The van der Waals surface area contributed by atoms with Crippen molar-refractivity contribution in [1.29, 1.82) is 0 Å². The molecule has 0 spiro atoms. The van der Waals surface area contributed by atoms with Gasteiger partial charge in [0.1, 0.15) is 5.56 Å². The number of nitro groups is 1. The van der Waals surface area contributed by atoms with Crippen molar-refractivity contribution in [2.24, 2.45) is 0 Å². The van der Waals surface area contributed by atoms with Crippen LogP contribution in [0.5, 0.6) is 0 Å². The number of thiocarbonyl (C=S) groups is 1. The van der Waals surface area contributed by atoms with Gasteiger partial charge in [-0.05, 0) is 68.6 Å². The summed E-state index contributed by atoms with van der Waals surface area (Å²) < 4.78 is 0. The average molecular weight is 427 g/mol. The van der Waals surface area contributed by atoms with Crippen LogP contribution in [0.15, 0.2) is 42.5 Å². The number of hydrogen-bond acceptors (Lipinski definition) is 4. The first-order valence-corrected chi connectivity index (χ1v) is 10.3. The Kier molecular flexibility index (Phi) is 6.66. The van der Waals surface area contributed by atoms with Gasteiger partial charge in [-0.25, -0.2) is 0 Å². The minimum absolute atomic E-state index is 0.0215. The number of nitrogens with zero attached hydrogens (tertiary/aromatic N) is 2. The smallest absolute Gasteiger partial charge is 0.282 e. The summed E-state index contributed by atoms with van der Waals surface area (Å²) in [6, 6.07) is 12.1. The van der Waals surface area contributed by atoms with E-state index in [1.807, 2.05) is 32.0 Å². The lowest BCUT2D eigenvalue weighted by Gasteiger charge is -2.31. The first-order chi connectivity index (χ1) is 14.3. The molecule has 0 aliphatic heterocycles. The van der Waals surface area contributed by atoms with E-state index in [4.69, 9.17) is 12.2 Å². The summed E-state index contributed by atoms with van der Waals surface area (Å²) in [5, 5.41) is 18.4. The average Bonchev–Trinajstić information content (AvgIpc) is 3.17. The highest BCUT2D eigenvalue weighted by atomic mass is 32.1. The van der Waals surface area contributed by atoms with Crippen molar-refractivity contribution in [2.45, 2.75) is 45.2 Å². The molecule has 30 heavy (non-hydrogen) atoms. The lowest BCUT2D eigenvalue weighted by atomic mass is 10.1. The Morgan fingerprint density at radius 3 is 2.67 bits per heavy atom. The topological polar surface area (TPSA) is 87.5 Å². The molecule has 2 aromatic carbocycles. The van der Waals surface area contributed by atoms with Crippen molar-refractivity contribution in [3.63, 3.8) is 0 Å². The summed E-state index contributed by atoms with van der Waals surface area (Å²) in [5.41, 5.74) is 3.11. The van der Waals surface area contributed by atoms with E-state index in [1.54, 1.807) is 24.1 Å². The number of likely N-dealkylation sites (N-methyl/N-ethyl adjacent to an activating group) is 1. The zero-order valence-corrected chi connectivity index (χ0v) is 18.2. The predicted molar refractivity (Wildman–Crippen MR) is 122 cm³/mol. The Bertz CT molecular complexity index is 979. The molecule has 2 atom stereocenters. The highest BCUT2D eigenvalue weighted by Crippen LogP contribution is 2.27. The minimum atomic E-state index is -0.519. The standard InChI is InChI=1S/C22H26N4O3S/c1-14-11-12-15(2)18(13-14)24-22(30)23-17-8-6-10-20(17)25(3)21(27)16-7-4-5-9-19(16)26(28)29/h4-5,7,9,11-13,17,20H,6,8,10H2,1-3H3,(H2,23,24,30). The Morgan fingerprint density at radius 1 is 1.20 bits per heavy atom. The van der Waals surface area contributed by atoms with Crippen molar-refractivity contribution >= 4 is 34.6 Å². The van der Waals surface area contributed by atoms with Gasteiger partial charge in [-0.2, -0.15) is 0 Å². The van der Waals surface area contributed by atoms with E-state index in [2.05, 4.69) is 10.6 Å². The summed E-state index contributed by atoms with van der Waals surface area (Å²) in [6.07, 6.45) is 2.63. The maximum absolute atomic E-state index is 13.0. The third-order valence-electron chi connectivity index (χ3n) is 5.59. The van der Waals surface area contributed by atoms with Gasteiger partial charge in [0.15, 0.2) is 5.11 Å². The molecule has 2 aromatic rings. The number of nitrogens with one attached hydrogen (secondary N) is 2. The third-order valence-corrected chi connectivity index (χ3v) is 5.81. The van der Waals surface area contributed by atoms with Crippen molar-refractivity contribution in [2.75, 3.05) is 12.4 Å². The van der Waals surface area contributed by atoms with Crippen LogP contribution in [-0.4, -0.2) is 40.0 Å². The zero-order chi connectivity index (χ0) is 21.8. The highest BCUT2D eigenvalue weighted by Gasteiger charge is 2.35. The van der Waals surface area contributed by atoms with Gasteiger partial charge in [-0.15, -0.1) is 0 Å². The van der Waals surface area contributed by atoms with Gasteiger partial charge in [-0.3, -0.25) is 14.9 Å². The zero-order valence-electron chi connectivity index (χ0n) is 17.3. The predicted octanol–water partition coefficient (Wildman–Crippen LogP) is 4.19. The monoisotopic (exact) mass is 426 g/mol. The second-order valence-corrected chi connectivity index (χ2v) is 8.12. The van der Waals surface area contributed by atoms with Gasteiger partial charge in [0.05, 0.1) is 11.0 Å². The highest BCUT2D eigenvalue weighted by molar-refractivity contribution is 7.80. The summed E-state index contributed by atoms with van der Waals surface area (Å²) >= 11 is 5.51. The quantitative estimate of drug-likeness (QED) is 0.423. The van der Waals surface area contributed by atoms with Crippen LogP contribution in [-0.2, 0) is 0 Å². The number of aryl methyl sites for hydroxylation is 2. The van der Waals surface area contributed by atoms with E-state index < -0.39 is 4.92 Å². The van der Waals surface area contributed by atoms with Gasteiger partial charge in [0.25, 0.3) is 11.6 Å². The molecule has 2 unspecified atom stereocenters. The summed E-state index contributed by atoms with van der Waals surface area (Å²) in [4.78, 5) is 25.4. The maximum atomic E-state index is 13.0. The maximum Gasteiger partial charge on any atom is 0.282 e. The molecule has 1 amide bonds. The molecule has 1 fully saturated rings. The van der Waals surface area contributed by atoms with Crippen LogP contribution in [0.2, 0.25) is 0 Å². The fourth-order valence-corrected chi connectivity index (χ4v) is 4.19. The SMILES string of the molecule is Cc1ccc(C)c(NC(=S)NC2CCCC2N(C)C(=O)c2ccccc2[N+](=O)[O-])c1. The molecule has 1 aliphatic carbocycles. The minimum Gasteiger partial charge on any atom is -0.358 e. The number of para-hydroxylation sites is 1. The van der Waals surface area contributed by atoms with Crippen LogP contribution in [0.3, 0.4) is 0 Å². The number of anilines is 1. The van der Waals surface area contributed by atoms with Crippen LogP contribution in [0.1, 0.15) is 40.7 Å². The number of rotatable bonds is 5. The molecule has 0 radical (unpaired) electrons. The van der Waals surface area contributed by atoms with Crippen LogP contribution in [0.4, 0.5) is 11.4 Å². The largest absolute Gasteiger partial charge is 0.358 e. The van der Waals surface area contributed by atoms with Gasteiger partial charge in [-0.1, -0.05) is 24.3 Å². The normalized spacial score (nSPS) is 18.0. The van der Waals surface area contributed by atoms with Crippen molar-refractivity contribution in [3.05, 3.63) is 69.3 Å². The molecule has 1 saturated carbocycles. The van der Waals surface area contributed by atoms with Crippen molar-refractivity contribution in [3.8, 4) is 0 Å². The van der Waals surface area contributed by atoms with Crippen LogP contribution >= 0.6 is 12.2 Å². The number of nitro benzene ring substituents is 1. The Morgan fingerprint density at radius 2 is 1.93 bits per heavy atom. The Hall–Kier alpha value is -3.00. The van der Waals surface area contributed by atoms with E-state index in [1.165, 1.54) is 12.1 Å². The Balaban J connectivity index is 1.70. The lowest BCUT2D eigenvalue weighted by molar-refractivity contribution is -0.385. The number of hydrogen-bond donors (Lipinski definition) is 2. The fourth-order valence-electron chi connectivity index (χ4n) is 3.92. The van der Waals surface area contributed by atoms with Crippen LogP contribution < -0.4 is 10.6 Å². The number of carbonyl (C=O) groups excluding carboxylic acids is 1. The van der Waals surface area contributed by atoms with Crippen LogP contribution in [0, 0.1) is 24.0 Å². The van der Waals surface area contributed by atoms with E-state index >= 15 is 0 Å². The number of carbonyl (C=O) groups is 1. The second-order valence-electron chi connectivity index (χ2n) is 7.71. The van der Waals surface area contributed by atoms with E-state index in [0.717, 1.165) is 36.1 Å². The first-order valence-electron chi connectivity index (χ1n) is 9.93. The second kappa shape index (κ2) is 9.21. The summed E-state index contributed by atoms with van der Waals surface area (Å²) in [7, 11) is 1.70. The molecule has 7 nitrogen and oxygen atoms in total. The Labute approximate surface area is 181 Å². The van der Waals surface area contributed by atoms with E-state index in [-0.39, 0.29) is 29.2 Å². The lowest BCUT2D eigenvalue weighted by Crippen LogP contribution is -2.50. The molecule has 2 N–H and O–H groups in total. The van der Waals surface area contributed by atoms with Crippen LogP contribution in [0.25, 0.3) is 0 Å². The molecular weight excluding hydrogens is 400 g/mol. The molecule has 0 aromatic heterocycles. The van der Waals surface area contributed by atoms with Gasteiger partial charge in [0, 0.05) is 24.8 Å². The number of amides is 1. The molecule has 0 bridgehead atoms. The van der Waals surface area contributed by atoms with Gasteiger partial charge < -0.3 is 15.5 Å². The van der Waals surface area contributed by atoms with E-state index in [9.17, 15) is 14.9 Å². The molecule has 0 saturated heterocycles. The van der Waals surface area contributed by atoms with Crippen molar-refractivity contribution in [1.82, 2.24) is 10.2 Å². The van der Waals surface area contributed by atoms with E-state index in [0.29, 0.717) is 5.11 Å². The summed E-state index contributed by atoms with van der Waals surface area (Å²) in [6.45, 7) is 4.04. The number of benzene rings is 2. The molecule has 8 heteroatoms. The molecule has 1 aliphatic rings. The summed E-state index contributed by atoms with van der Waals surface area (Å²) in [5.74, 6) is -0.352. The first kappa shape index (κ1) is 21.7.